The SMILES string of the molecule is CCCN(CC(=O)OCC)S(=O)(=O)CCCC(F)(F)F. The molecule has 5 nitrogen and oxygen atoms in total. The van der Waals surface area contributed by atoms with E-state index in [0.717, 1.165) is 4.31 Å². The minimum Gasteiger partial charge on any atom is -0.465 e. The monoisotopic (exact) mass is 319 g/mol. The van der Waals surface area contributed by atoms with Gasteiger partial charge >= 0.3 is 12.1 Å². The van der Waals surface area contributed by atoms with Crippen LogP contribution in [0.15, 0.2) is 0 Å². The van der Waals surface area contributed by atoms with Crippen molar-refractivity contribution < 1.29 is 31.1 Å². The molecule has 0 bridgehead atoms. The normalized spacial score (nSPS) is 12.7. The number of rotatable bonds is 9. The van der Waals surface area contributed by atoms with Crippen LogP contribution in [0.3, 0.4) is 0 Å². The molecular weight excluding hydrogens is 299 g/mol. The molecule has 0 atom stereocenters. The van der Waals surface area contributed by atoms with Crippen LogP contribution < -0.4 is 0 Å². The lowest BCUT2D eigenvalue weighted by atomic mass is 10.3. The predicted octanol–water partition coefficient (Wildman–Crippen LogP) is 1.93. The Balaban J connectivity index is 4.59. The number of nitrogens with zero attached hydrogens (tertiary/aromatic N) is 1. The van der Waals surface area contributed by atoms with Gasteiger partial charge in [0.15, 0.2) is 0 Å². The number of ether oxygens (including phenoxy) is 1. The highest BCUT2D eigenvalue weighted by molar-refractivity contribution is 7.89. The van der Waals surface area contributed by atoms with Crippen LogP contribution in [0.1, 0.15) is 33.1 Å². The molecule has 0 N–H and O–H groups in total. The minimum absolute atomic E-state index is 0.0766. The Morgan fingerprint density at radius 2 is 1.85 bits per heavy atom. The van der Waals surface area contributed by atoms with E-state index in [2.05, 4.69) is 4.74 Å². The van der Waals surface area contributed by atoms with Crippen molar-refractivity contribution in [3.05, 3.63) is 0 Å². The molecule has 0 amide bonds. The van der Waals surface area contributed by atoms with E-state index in [9.17, 15) is 26.4 Å². The summed E-state index contributed by atoms with van der Waals surface area (Å²) >= 11 is 0. The van der Waals surface area contributed by atoms with Crippen molar-refractivity contribution in [2.75, 3.05) is 25.4 Å². The van der Waals surface area contributed by atoms with Gasteiger partial charge in [0.05, 0.1) is 12.4 Å². The number of halogens is 3. The van der Waals surface area contributed by atoms with Crippen LogP contribution in [-0.2, 0) is 19.6 Å². The Bertz CT molecular complexity index is 395. The van der Waals surface area contributed by atoms with Crippen molar-refractivity contribution >= 4 is 16.0 Å². The number of carbonyl (C=O) groups excluding carboxylic acids is 1. The Morgan fingerprint density at radius 3 is 2.30 bits per heavy atom. The molecule has 0 saturated heterocycles. The zero-order chi connectivity index (χ0) is 15.8. The van der Waals surface area contributed by atoms with Gasteiger partial charge in [0.2, 0.25) is 10.0 Å². The maximum absolute atomic E-state index is 12.0. The van der Waals surface area contributed by atoms with Crippen LogP contribution in [0, 0.1) is 0 Å². The van der Waals surface area contributed by atoms with Gasteiger partial charge in [-0.2, -0.15) is 17.5 Å². The fourth-order valence-corrected chi connectivity index (χ4v) is 3.03. The van der Waals surface area contributed by atoms with Crippen LogP contribution in [0.5, 0.6) is 0 Å². The molecule has 0 fully saturated rings. The molecule has 0 aromatic carbocycles. The smallest absolute Gasteiger partial charge is 0.389 e. The second-order valence-electron chi connectivity index (χ2n) is 4.17. The molecule has 0 aromatic heterocycles. The second kappa shape index (κ2) is 8.46. The summed E-state index contributed by atoms with van der Waals surface area (Å²) < 4.78 is 65.3. The average Bonchev–Trinajstić information content (AvgIpc) is 2.26. The lowest BCUT2D eigenvalue weighted by Gasteiger charge is -2.20. The van der Waals surface area contributed by atoms with E-state index < -0.39 is 47.3 Å². The number of carbonyl (C=O) groups is 1. The van der Waals surface area contributed by atoms with Crippen LogP contribution in [-0.4, -0.2) is 50.3 Å². The van der Waals surface area contributed by atoms with Crippen molar-refractivity contribution in [3.63, 3.8) is 0 Å². The molecule has 0 aliphatic carbocycles. The third-order valence-corrected chi connectivity index (χ3v) is 4.24. The fourth-order valence-electron chi connectivity index (χ4n) is 1.50. The molecule has 9 heteroatoms. The van der Waals surface area contributed by atoms with E-state index >= 15 is 0 Å². The summed E-state index contributed by atoms with van der Waals surface area (Å²) in [5.74, 6) is -1.34. The average molecular weight is 319 g/mol. The first-order chi connectivity index (χ1) is 9.12. The topological polar surface area (TPSA) is 63.7 Å². The molecule has 0 aromatic rings. The predicted molar refractivity (Wildman–Crippen MR) is 67.6 cm³/mol. The highest BCUT2D eigenvalue weighted by Crippen LogP contribution is 2.22. The zero-order valence-electron chi connectivity index (χ0n) is 11.6. The van der Waals surface area contributed by atoms with E-state index in [0.29, 0.717) is 6.42 Å². The number of esters is 1. The van der Waals surface area contributed by atoms with Gasteiger partial charge in [-0.05, 0) is 19.8 Å². The third-order valence-electron chi connectivity index (χ3n) is 2.34. The molecule has 0 aliphatic heterocycles. The molecule has 0 rings (SSSR count). The molecular formula is C11H20F3NO4S. The highest BCUT2D eigenvalue weighted by Gasteiger charge is 2.29. The van der Waals surface area contributed by atoms with Crippen LogP contribution in [0.2, 0.25) is 0 Å². The molecule has 0 unspecified atom stereocenters. The Kier molecular flexibility index (Phi) is 8.10. The maximum atomic E-state index is 12.0. The molecule has 0 spiro atoms. The highest BCUT2D eigenvalue weighted by atomic mass is 32.2. The summed E-state index contributed by atoms with van der Waals surface area (Å²) in [6.07, 6.45) is -5.61. The summed E-state index contributed by atoms with van der Waals surface area (Å²) in [6, 6.07) is 0. The van der Waals surface area contributed by atoms with Crippen molar-refractivity contribution in [2.45, 2.75) is 39.3 Å². The van der Waals surface area contributed by atoms with Gasteiger partial charge in [0.1, 0.15) is 6.54 Å². The van der Waals surface area contributed by atoms with Crippen molar-refractivity contribution in [3.8, 4) is 0 Å². The maximum Gasteiger partial charge on any atom is 0.389 e. The van der Waals surface area contributed by atoms with Gasteiger partial charge in [-0.25, -0.2) is 8.42 Å². The first kappa shape index (κ1) is 19.2. The second-order valence-corrected chi connectivity index (χ2v) is 6.26. The first-order valence-corrected chi connectivity index (χ1v) is 7.93. The van der Waals surface area contributed by atoms with Crippen molar-refractivity contribution in [2.24, 2.45) is 0 Å². The fraction of sp³-hybridized carbons (Fsp3) is 0.909. The molecule has 120 valence electrons. The largest absolute Gasteiger partial charge is 0.465 e. The van der Waals surface area contributed by atoms with E-state index in [-0.39, 0.29) is 13.2 Å². The molecule has 0 aliphatic rings. The number of hydrogen-bond donors (Lipinski definition) is 0. The van der Waals surface area contributed by atoms with Gasteiger partial charge in [0.25, 0.3) is 0 Å². The molecule has 0 radical (unpaired) electrons. The number of sulfonamides is 1. The Hall–Kier alpha value is -0.830. The molecule has 0 saturated carbocycles. The van der Waals surface area contributed by atoms with Crippen LogP contribution in [0.4, 0.5) is 13.2 Å². The third kappa shape index (κ3) is 8.36. The van der Waals surface area contributed by atoms with E-state index in [1.54, 1.807) is 13.8 Å². The van der Waals surface area contributed by atoms with Crippen LogP contribution >= 0.6 is 0 Å². The number of hydrogen-bond acceptors (Lipinski definition) is 4. The summed E-state index contributed by atoms with van der Waals surface area (Å²) in [5, 5.41) is 0. The van der Waals surface area contributed by atoms with Crippen LogP contribution in [0.25, 0.3) is 0 Å². The van der Waals surface area contributed by atoms with E-state index in [4.69, 9.17) is 0 Å². The quantitative estimate of drug-likeness (QED) is 0.609. The van der Waals surface area contributed by atoms with E-state index in [1.807, 2.05) is 0 Å². The lowest BCUT2D eigenvalue weighted by Crippen LogP contribution is -2.38. The van der Waals surface area contributed by atoms with Crippen molar-refractivity contribution in [1.82, 2.24) is 4.31 Å². The van der Waals surface area contributed by atoms with Gasteiger partial charge in [-0.15, -0.1) is 0 Å². The summed E-state index contributed by atoms with van der Waals surface area (Å²) in [6.45, 7) is 3.03. The van der Waals surface area contributed by atoms with E-state index in [1.165, 1.54) is 0 Å². The van der Waals surface area contributed by atoms with Gasteiger partial charge in [-0.3, -0.25) is 4.79 Å². The standard InChI is InChI=1S/C11H20F3NO4S/c1-3-7-15(9-10(16)19-4-2)20(17,18)8-5-6-11(12,13)14/h3-9H2,1-2H3. The van der Waals surface area contributed by atoms with Crippen molar-refractivity contribution in [1.29, 1.82) is 0 Å². The first-order valence-electron chi connectivity index (χ1n) is 6.32. The van der Waals surface area contributed by atoms with Gasteiger partial charge < -0.3 is 4.74 Å². The van der Waals surface area contributed by atoms with Gasteiger partial charge in [-0.1, -0.05) is 6.92 Å². The lowest BCUT2D eigenvalue weighted by molar-refractivity contribution is -0.143. The summed E-state index contributed by atoms with van der Waals surface area (Å²) in [7, 11) is -3.89. The minimum atomic E-state index is -4.38. The number of alkyl halides is 3. The zero-order valence-corrected chi connectivity index (χ0v) is 12.4. The summed E-state index contributed by atoms with van der Waals surface area (Å²) in [4.78, 5) is 11.3. The molecule has 20 heavy (non-hydrogen) atoms. The van der Waals surface area contributed by atoms with Gasteiger partial charge in [0, 0.05) is 13.0 Å². The molecule has 0 heterocycles. The Labute approximate surface area is 117 Å². The summed E-state index contributed by atoms with van der Waals surface area (Å²) in [5.41, 5.74) is 0. The Morgan fingerprint density at radius 1 is 1.25 bits per heavy atom.